The van der Waals surface area contributed by atoms with Crippen molar-refractivity contribution in [2.24, 2.45) is 5.73 Å². The Morgan fingerprint density at radius 3 is 1.94 bits per heavy atom. The van der Waals surface area contributed by atoms with Crippen molar-refractivity contribution in [2.75, 3.05) is 5.32 Å². The quantitative estimate of drug-likeness (QED) is 0.384. The maximum absolute atomic E-state index is 13.1. The van der Waals surface area contributed by atoms with Crippen LogP contribution < -0.4 is 16.6 Å². The monoisotopic (exact) mass is 459 g/mol. The highest BCUT2D eigenvalue weighted by Gasteiger charge is 2.27. The third-order valence-corrected chi connectivity index (χ3v) is 5.57. The zero-order valence-corrected chi connectivity index (χ0v) is 19.0. The van der Waals surface area contributed by atoms with Crippen LogP contribution in [0.1, 0.15) is 22.6 Å². The van der Waals surface area contributed by atoms with Crippen LogP contribution in [0.25, 0.3) is 11.1 Å². The van der Waals surface area contributed by atoms with Gasteiger partial charge in [-0.2, -0.15) is 0 Å². The molecule has 5 nitrogen and oxygen atoms in total. The van der Waals surface area contributed by atoms with E-state index in [9.17, 15) is 9.59 Å². The number of aromatic amines is 1. The number of carbonyl (C=O) groups is 1. The highest BCUT2D eigenvalue weighted by Crippen LogP contribution is 2.28. The summed E-state index contributed by atoms with van der Waals surface area (Å²) in [6.07, 6.45) is 1.70. The second-order valence-corrected chi connectivity index (χ2v) is 7.79. The molecule has 1 aromatic heterocycles. The molecule has 1 amide bonds. The maximum atomic E-state index is 13.1. The van der Waals surface area contributed by atoms with E-state index in [1.807, 2.05) is 91.9 Å². The molecule has 1 unspecified atom stereocenters. The molecule has 0 spiro atoms. The lowest BCUT2D eigenvalue weighted by molar-refractivity contribution is -0.117. The van der Waals surface area contributed by atoms with Crippen LogP contribution >= 0.6 is 12.4 Å². The van der Waals surface area contributed by atoms with Gasteiger partial charge in [0.2, 0.25) is 11.5 Å². The average Bonchev–Trinajstić information content (AvgIpc) is 2.81. The Bertz CT molecular complexity index is 1220. The van der Waals surface area contributed by atoms with Gasteiger partial charge < -0.3 is 16.0 Å². The zero-order chi connectivity index (χ0) is 22.5. The molecule has 33 heavy (non-hydrogen) atoms. The minimum Gasteiger partial charge on any atom is -0.328 e. The number of nitrogens with two attached hydrogens (primary N) is 1. The van der Waals surface area contributed by atoms with Crippen LogP contribution in [0.5, 0.6) is 0 Å². The summed E-state index contributed by atoms with van der Waals surface area (Å²) in [4.78, 5) is 27.2. The molecule has 1 heterocycles. The second kappa shape index (κ2) is 10.8. The van der Waals surface area contributed by atoms with Crippen molar-refractivity contribution < 1.29 is 4.79 Å². The van der Waals surface area contributed by atoms with Crippen molar-refractivity contribution in [3.8, 4) is 11.1 Å². The first kappa shape index (κ1) is 24.0. The van der Waals surface area contributed by atoms with Gasteiger partial charge in [-0.3, -0.25) is 9.59 Å². The van der Waals surface area contributed by atoms with E-state index >= 15 is 0 Å². The normalized spacial score (nSPS) is 11.5. The molecular weight excluding hydrogens is 434 g/mol. The van der Waals surface area contributed by atoms with Gasteiger partial charge >= 0.3 is 0 Å². The first-order chi connectivity index (χ1) is 15.5. The van der Waals surface area contributed by atoms with Crippen molar-refractivity contribution in [1.82, 2.24) is 4.98 Å². The van der Waals surface area contributed by atoms with Gasteiger partial charge in [0.15, 0.2) is 0 Å². The molecule has 4 aromatic rings. The number of aromatic nitrogens is 1. The number of halogens is 1. The lowest BCUT2D eigenvalue weighted by Crippen LogP contribution is -2.41. The largest absolute Gasteiger partial charge is 0.328 e. The van der Waals surface area contributed by atoms with E-state index in [1.54, 1.807) is 12.3 Å². The number of benzene rings is 3. The number of anilines is 1. The summed E-state index contributed by atoms with van der Waals surface area (Å²) in [6.45, 7) is 1.90. The molecule has 4 N–H and O–H groups in total. The summed E-state index contributed by atoms with van der Waals surface area (Å²) in [5.41, 5.74) is 11.8. The first-order valence-electron chi connectivity index (χ1n) is 10.5. The van der Waals surface area contributed by atoms with Gasteiger partial charge in [-0.25, -0.2) is 0 Å². The molecule has 0 aliphatic heterocycles. The Hall–Kier alpha value is -3.67. The first-order valence-corrected chi connectivity index (χ1v) is 10.5. The summed E-state index contributed by atoms with van der Waals surface area (Å²) in [7, 11) is 0. The Morgan fingerprint density at radius 2 is 1.42 bits per heavy atom. The van der Waals surface area contributed by atoms with Crippen LogP contribution in [0.2, 0.25) is 0 Å². The fraction of sp³-hybridized carbons (Fsp3) is 0.111. The fourth-order valence-electron chi connectivity index (χ4n) is 3.92. The number of nitrogens with one attached hydrogen (secondary N) is 2. The van der Waals surface area contributed by atoms with Crippen LogP contribution in [0.4, 0.5) is 5.69 Å². The lowest BCUT2D eigenvalue weighted by atomic mass is 9.85. The van der Waals surface area contributed by atoms with Crippen LogP contribution in [-0.2, 0) is 4.79 Å². The summed E-state index contributed by atoms with van der Waals surface area (Å²) >= 11 is 0. The molecule has 0 radical (unpaired) electrons. The molecule has 6 heteroatoms. The molecular formula is C27H26ClN3O2. The SMILES string of the molecule is Cc1cc(=O)[nH]cc1-c1ccc(NC(=O)C(N)C(c2ccccc2)c2ccccc2)cc1.Cl. The number of H-pyrrole nitrogens is 1. The lowest BCUT2D eigenvalue weighted by Gasteiger charge is -2.24. The molecule has 0 aliphatic rings. The fourth-order valence-corrected chi connectivity index (χ4v) is 3.92. The summed E-state index contributed by atoms with van der Waals surface area (Å²) in [5.74, 6) is -0.517. The predicted octanol–water partition coefficient (Wildman–Crippen LogP) is 4.87. The van der Waals surface area contributed by atoms with Crippen LogP contribution in [0.3, 0.4) is 0 Å². The highest BCUT2D eigenvalue weighted by molar-refractivity contribution is 5.96. The van der Waals surface area contributed by atoms with Gasteiger partial charge in [-0.15, -0.1) is 12.4 Å². The minimum absolute atomic E-state index is 0. The van der Waals surface area contributed by atoms with Crippen LogP contribution in [0.15, 0.2) is 102 Å². The Labute approximate surface area is 199 Å². The van der Waals surface area contributed by atoms with Gasteiger partial charge in [0, 0.05) is 29.4 Å². The second-order valence-electron chi connectivity index (χ2n) is 7.79. The van der Waals surface area contributed by atoms with E-state index in [1.165, 1.54) is 0 Å². The van der Waals surface area contributed by atoms with Crippen molar-refractivity contribution in [2.45, 2.75) is 18.9 Å². The number of amides is 1. The molecule has 168 valence electrons. The third-order valence-electron chi connectivity index (χ3n) is 5.57. The highest BCUT2D eigenvalue weighted by atomic mass is 35.5. The van der Waals surface area contributed by atoms with E-state index in [2.05, 4.69) is 10.3 Å². The molecule has 0 saturated heterocycles. The number of hydrogen-bond acceptors (Lipinski definition) is 3. The number of carbonyl (C=O) groups excluding carboxylic acids is 1. The van der Waals surface area contributed by atoms with Gasteiger partial charge in [-0.05, 0) is 41.3 Å². The van der Waals surface area contributed by atoms with Gasteiger partial charge in [-0.1, -0.05) is 72.8 Å². The van der Waals surface area contributed by atoms with Crippen molar-refractivity contribution in [3.05, 3.63) is 124 Å². The molecule has 1 atom stereocenters. The summed E-state index contributed by atoms with van der Waals surface area (Å²) in [5, 5.41) is 2.94. The minimum atomic E-state index is -0.763. The average molecular weight is 460 g/mol. The van der Waals surface area contributed by atoms with E-state index in [4.69, 9.17) is 5.73 Å². The van der Waals surface area contributed by atoms with Crippen LogP contribution in [-0.4, -0.2) is 16.9 Å². The zero-order valence-electron chi connectivity index (χ0n) is 18.2. The van der Waals surface area contributed by atoms with Crippen molar-refractivity contribution >= 4 is 24.0 Å². The predicted molar refractivity (Wildman–Crippen MR) is 136 cm³/mol. The topological polar surface area (TPSA) is 88.0 Å². The van der Waals surface area contributed by atoms with E-state index in [0.29, 0.717) is 5.69 Å². The molecule has 0 saturated carbocycles. The summed E-state index contributed by atoms with van der Waals surface area (Å²) in [6, 6.07) is 28.0. The molecule has 0 fully saturated rings. The molecule has 0 aliphatic carbocycles. The third kappa shape index (κ3) is 5.58. The van der Waals surface area contributed by atoms with Gasteiger partial charge in [0.25, 0.3) is 0 Å². The van der Waals surface area contributed by atoms with Gasteiger partial charge in [0.05, 0.1) is 6.04 Å². The maximum Gasteiger partial charge on any atom is 0.248 e. The molecule has 4 rings (SSSR count). The number of rotatable bonds is 6. The van der Waals surface area contributed by atoms with Crippen molar-refractivity contribution in [3.63, 3.8) is 0 Å². The molecule has 0 bridgehead atoms. The van der Waals surface area contributed by atoms with Gasteiger partial charge in [0.1, 0.15) is 0 Å². The van der Waals surface area contributed by atoms with E-state index < -0.39 is 6.04 Å². The number of pyridine rings is 1. The Kier molecular flexibility index (Phi) is 7.83. The van der Waals surface area contributed by atoms with Crippen LogP contribution in [0, 0.1) is 6.92 Å². The van der Waals surface area contributed by atoms with E-state index in [-0.39, 0.29) is 29.8 Å². The molecule has 3 aromatic carbocycles. The number of aryl methyl sites for hydroxylation is 1. The van der Waals surface area contributed by atoms with Crippen molar-refractivity contribution in [1.29, 1.82) is 0 Å². The number of hydrogen-bond donors (Lipinski definition) is 3. The Balaban J connectivity index is 0.00000306. The van der Waals surface area contributed by atoms with E-state index in [0.717, 1.165) is 27.8 Å². The standard InChI is InChI=1S/C27H25N3O2.ClH/c1-18-16-24(31)29-17-23(18)19-12-14-22(15-13-19)30-27(32)26(28)25(20-8-4-2-5-9-20)21-10-6-3-7-11-21;/h2-17,25-26H,28H2,1H3,(H,29,31)(H,30,32);1H. The Morgan fingerprint density at radius 1 is 0.879 bits per heavy atom. The smallest absolute Gasteiger partial charge is 0.248 e. The summed E-state index contributed by atoms with van der Waals surface area (Å²) < 4.78 is 0.